The number of nitrogens with zero attached hydrogens (tertiary/aromatic N) is 1. The second kappa shape index (κ2) is 5.91. The summed E-state index contributed by atoms with van der Waals surface area (Å²) in [6.07, 6.45) is 3.44. The molecule has 0 saturated heterocycles. The minimum absolute atomic E-state index is 0.00932. The lowest BCUT2D eigenvalue weighted by molar-refractivity contribution is -0.123. The van der Waals surface area contributed by atoms with E-state index >= 15 is 0 Å². The van der Waals surface area contributed by atoms with Crippen LogP contribution in [0, 0.1) is 30.6 Å². The smallest absolute Gasteiger partial charge is 0.277 e. The van der Waals surface area contributed by atoms with Crippen LogP contribution in [-0.2, 0) is 4.79 Å². The molecule has 3 rings (SSSR count). The van der Waals surface area contributed by atoms with Gasteiger partial charge in [0.15, 0.2) is 6.61 Å². The molecule has 0 radical (unpaired) electrons. The van der Waals surface area contributed by atoms with Crippen LogP contribution < -0.4 is 10.2 Å². The van der Waals surface area contributed by atoms with E-state index in [2.05, 4.69) is 31.3 Å². The number of hydrazone groups is 1. The third-order valence-electron chi connectivity index (χ3n) is 6.53. The quantitative estimate of drug-likeness (QED) is 0.849. The average molecular weight is 328 g/mol. The number of carbonyl (C=O) groups excluding carboxylic acids is 1. The number of hydrogen-bond donors (Lipinski definition) is 1. The molecule has 2 aliphatic carbocycles. The predicted octanol–water partition coefficient (Wildman–Crippen LogP) is 4.00. The van der Waals surface area contributed by atoms with Crippen molar-refractivity contribution in [2.45, 2.75) is 53.9 Å². The van der Waals surface area contributed by atoms with Gasteiger partial charge < -0.3 is 4.74 Å². The molecule has 2 saturated carbocycles. The van der Waals surface area contributed by atoms with Gasteiger partial charge in [0.1, 0.15) is 5.75 Å². The number of benzene rings is 1. The molecule has 2 fully saturated rings. The predicted molar refractivity (Wildman–Crippen MR) is 96.2 cm³/mol. The molecule has 1 amide bonds. The van der Waals surface area contributed by atoms with Crippen LogP contribution >= 0.6 is 0 Å². The fourth-order valence-corrected chi connectivity index (χ4v) is 4.27. The van der Waals surface area contributed by atoms with Gasteiger partial charge in [-0.05, 0) is 61.6 Å². The molecule has 130 valence electrons. The number of fused-ring (bicyclic) bond motifs is 2. The van der Waals surface area contributed by atoms with Crippen molar-refractivity contribution < 1.29 is 9.53 Å². The highest BCUT2D eigenvalue weighted by Crippen LogP contribution is 2.63. The summed E-state index contributed by atoms with van der Waals surface area (Å²) in [6, 6.07) is 5.99. The fourth-order valence-electron chi connectivity index (χ4n) is 4.27. The molecule has 0 spiro atoms. The summed E-state index contributed by atoms with van der Waals surface area (Å²) < 4.78 is 5.64. The maximum absolute atomic E-state index is 12.1. The molecule has 24 heavy (non-hydrogen) atoms. The Morgan fingerprint density at radius 1 is 1.33 bits per heavy atom. The van der Waals surface area contributed by atoms with Gasteiger partial charge in [-0.25, -0.2) is 5.43 Å². The third kappa shape index (κ3) is 2.72. The molecule has 2 atom stereocenters. The molecule has 4 heteroatoms. The lowest BCUT2D eigenvalue weighted by Gasteiger charge is -2.34. The van der Waals surface area contributed by atoms with Gasteiger partial charge in [-0.1, -0.05) is 32.9 Å². The number of aryl methyl sites for hydroxylation is 2. The monoisotopic (exact) mass is 328 g/mol. The zero-order valence-electron chi connectivity index (χ0n) is 15.4. The maximum Gasteiger partial charge on any atom is 0.277 e. The summed E-state index contributed by atoms with van der Waals surface area (Å²) in [5.74, 6) is 1.24. The lowest BCUT2D eigenvalue weighted by atomic mass is 9.70. The van der Waals surface area contributed by atoms with E-state index in [-0.39, 0.29) is 23.3 Å². The first-order chi connectivity index (χ1) is 11.2. The molecule has 2 bridgehead atoms. The van der Waals surface area contributed by atoms with Gasteiger partial charge in [-0.15, -0.1) is 0 Å². The van der Waals surface area contributed by atoms with E-state index in [4.69, 9.17) is 4.74 Å². The van der Waals surface area contributed by atoms with Crippen molar-refractivity contribution in [3.63, 3.8) is 0 Å². The number of nitrogens with one attached hydrogen (secondary N) is 1. The van der Waals surface area contributed by atoms with Gasteiger partial charge in [-0.3, -0.25) is 4.79 Å². The number of hydrogen-bond acceptors (Lipinski definition) is 3. The Morgan fingerprint density at radius 2 is 2.08 bits per heavy atom. The van der Waals surface area contributed by atoms with Crippen molar-refractivity contribution in [1.82, 2.24) is 5.43 Å². The molecule has 1 N–H and O–H groups in total. The van der Waals surface area contributed by atoms with Crippen LogP contribution in [0.4, 0.5) is 0 Å². The van der Waals surface area contributed by atoms with Crippen LogP contribution in [-0.4, -0.2) is 18.2 Å². The molecule has 1 aromatic rings. The Bertz CT molecular complexity index is 693. The van der Waals surface area contributed by atoms with Gasteiger partial charge in [0.25, 0.3) is 5.91 Å². The lowest BCUT2D eigenvalue weighted by Crippen LogP contribution is -2.35. The molecule has 0 aromatic heterocycles. The molecule has 4 nitrogen and oxygen atoms in total. The van der Waals surface area contributed by atoms with Crippen molar-refractivity contribution in [3.8, 4) is 5.75 Å². The van der Waals surface area contributed by atoms with Crippen molar-refractivity contribution >= 4 is 11.6 Å². The van der Waals surface area contributed by atoms with E-state index in [0.717, 1.165) is 29.0 Å². The second-order valence-electron chi connectivity index (χ2n) is 8.14. The highest BCUT2D eigenvalue weighted by Gasteiger charge is 2.59. The highest BCUT2D eigenvalue weighted by atomic mass is 16.5. The molecular weight excluding hydrogens is 300 g/mol. The van der Waals surface area contributed by atoms with E-state index in [1.165, 1.54) is 12.8 Å². The van der Waals surface area contributed by atoms with Crippen molar-refractivity contribution in [2.75, 3.05) is 6.61 Å². The number of amides is 1. The van der Waals surface area contributed by atoms with Crippen LogP contribution in [0.5, 0.6) is 5.75 Å². The van der Waals surface area contributed by atoms with Crippen LogP contribution in [0.2, 0.25) is 0 Å². The van der Waals surface area contributed by atoms with E-state index in [1.807, 2.05) is 32.0 Å². The minimum Gasteiger partial charge on any atom is -0.483 e. The minimum atomic E-state index is -0.201. The van der Waals surface area contributed by atoms with E-state index in [0.29, 0.717) is 5.92 Å². The van der Waals surface area contributed by atoms with Crippen molar-refractivity contribution in [2.24, 2.45) is 21.8 Å². The summed E-state index contributed by atoms with van der Waals surface area (Å²) in [4.78, 5) is 12.1. The topological polar surface area (TPSA) is 50.7 Å². The van der Waals surface area contributed by atoms with Gasteiger partial charge >= 0.3 is 0 Å². The third-order valence-corrected chi connectivity index (χ3v) is 6.53. The van der Waals surface area contributed by atoms with E-state index in [1.54, 1.807) is 0 Å². The van der Waals surface area contributed by atoms with Crippen LogP contribution in [0.3, 0.4) is 0 Å². The first-order valence-electron chi connectivity index (χ1n) is 8.80. The van der Waals surface area contributed by atoms with Gasteiger partial charge in [0, 0.05) is 11.1 Å². The molecule has 0 aliphatic heterocycles. The summed E-state index contributed by atoms with van der Waals surface area (Å²) in [7, 11) is 0. The standard InChI is InChI=1S/C20H28N2O2/c1-13-6-7-14(2)16(10-13)24-12-18(23)22-21-17-11-15-8-9-20(17,5)19(15,3)4/h6-7,10,15H,8-9,11-12H2,1-5H3,(H,22,23)/b21-17-/t15-,20-/m1/s1. The summed E-state index contributed by atoms with van der Waals surface area (Å²) in [6.45, 7) is 10.9. The largest absolute Gasteiger partial charge is 0.483 e. The first kappa shape index (κ1) is 17.0. The zero-order chi connectivity index (χ0) is 17.5. The number of rotatable bonds is 4. The molecule has 0 unspecified atom stereocenters. The Morgan fingerprint density at radius 3 is 2.71 bits per heavy atom. The molecule has 0 heterocycles. The fraction of sp³-hybridized carbons (Fsp3) is 0.600. The summed E-state index contributed by atoms with van der Waals surface area (Å²) >= 11 is 0. The van der Waals surface area contributed by atoms with Crippen molar-refractivity contribution in [3.05, 3.63) is 29.3 Å². The van der Waals surface area contributed by atoms with Gasteiger partial charge in [0.05, 0.1) is 0 Å². The van der Waals surface area contributed by atoms with Crippen LogP contribution in [0.1, 0.15) is 51.2 Å². The van der Waals surface area contributed by atoms with Crippen LogP contribution in [0.25, 0.3) is 0 Å². The van der Waals surface area contributed by atoms with Gasteiger partial charge in [0.2, 0.25) is 0 Å². The van der Waals surface area contributed by atoms with E-state index < -0.39 is 0 Å². The highest BCUT2D eigenvalue weighted by molar-refractivity contribution is 5.95. The molecular formula is C20H28N2O2. The Balaban J connectivity index is 1.60. The van der Waals surface area contributed by atoms with Crippen molar-refractivity contribution in [1.29, 1.82) is 0 Å². The Hall–Kier alpha value is -1.84. The second-order valence-corrected chi connectivity index (χ2v) is 8.14. The van der Waals surface area contributed by atoms with Gasteiger partial charge in [-0.2, -0.15) is 5.10 Å². The number of ether oxygens (including phenoxy) is 1. The zero-order valence-corrected chi connectivity index (χ0v) is 15.4. The average Bonchev–Trinajstić information content (AvgIpc) is 2.86. The van der Waals surface area contributed by atoms with Crippen LogP contribution in [0.15, 0.2) is 23.3 Å². The Labute approximate surface area is 144 Å². The summed E-state index contributed by atoms with van der Waals surface area (Å²) in [5.41, 5.74) is 6.37. The maximum atomic E-state index is 12.1. The molecule has 1 aromatic carbocycles. The molecule has 2 aliphatic rings. The Kier molecular flexibility index (Phi) is 4.18. The summed E-state index contributed by atoms with van der Waals surface area (Å²) in [5, 5.41) is 4.46. The number of carbonyl (C=O) groups is 1. The normalized spacial score (nSPS) is 29.0. The van der Waals surface area contributed by atoms with E-state index in [9.17, 15) is 4.79 Å². The first-order valence-corrected chi connectivity index (χ1v) is 8.80. The SMILES string of the molecule is Cc1ccc(C)c(OCC(=O)N/N=C2/C[C@H]3CC[C@@]2(C)C3(C)C)c1.